The van der Waals surface area contributed by atoms with Gasteiger partial charge in [-0.3, -0.25) is 0 Å². The molecule has 2 N–H and O–H groups in total. The summed E-state index contributed by atoms with van der Waals surface area (Å²) >= 11 is 6.18. The van der Waals surface area contributed by atoms with Crippen LogP contribution in [0.15, 0.2) is 18.2 Å². The Balaban J connectivity index is 1.95. The fraction of sp³-hybridized carbons (Fsp3) is 0.588. The third-order valence-electron chi connectivity index (χ3n) is 4.07. The van der Waals surface area contributed by atoms with Crippen molar-refractivity contribution in [3.63, 3.8) is 0 Å². The lowest BCUT2D eigenvalue weighted by Gasteiger charge is -2.34. The first-order valence-corrected chi connectivity index (χ1v) is 8.55. The normalized spacial score (nSPS) is 19.3. The number of benzene rings is 1. The molecule has 1 aromatic carbocycles. The number of carbonyl (C=O) groups is 1. The van der Waals surface area contributed by atoms with Gasteiger partial charge in [0.25, 0.3) is 0 Å². The lowest BCUT2D eigenvalue weighted by atomic mass is 9.94. The van der Waals surface area contributed by atoms with E-state index in [1.807, 2.05) is 6.92 Å². The second kappa shape index (κ2) is 8.41. The quantitative estimate of drug-likeness (QED) is 0.858. The Morgan fingerprint density at radius 2 is 2.35 bits per heavy atom. The summed E-state index contributed by atoms with van der Waals surface area (Å²) in [6.45, 7) is 5.71. The molecule has 0 spiro atoms. The number of hydrogen-bond acceptors (Lipinski definition) is 3. The fourth-order valence-electron chi connectivity index (χ4n) is 2.70. The summed E-state index contributed by atoms with van der Waals surface area (Å²) in [7, 11) is 0. The second-order valence-electron chi connectivity index (χ2n) is 6.01. The molecule has 2 amide bonds. The Hall–Kier alpha value is -1.46. The Morgan fingerprint density at radius 3 is 3.00 bits per heavy atom. The predicted molar refractivity (Wildman–Crippen MR) is 92.2 cm³/mol. The molecule has 0 radical (unpaired) electrons. The van der Waals surface area contributed by atoms with Gasteiger partial charge in [0.05, 0.1) is 17.7 Å². The molecule has 1 fully saturated rings. The molecular formula is C17H25ClN2O3. The summed E-state index contributed by atoms with van der Waals surface area (Å²) in [4.78, 5) is 14.1. The first-order valence-electron chi connectivity index (χ1n) is 8.17. The summed E-state index contributed by atoms with van der Waals surface area (Å²) in [5.74, 6) is 0.765. The van der Waals surface area contributed by atoms with Gasteiger partial charge in [-0.15, -0.1) is 0 Å². The van der Waals surface area contributed by atoms with E-state index in [0.29, 0.717) is 36.2 Å². The summed E-state index contributed by atoms with van der Waals surface area (Å²) in [5.41, 5.74) is 0.642. The average Bonchev–Trinajstić information content (AvgIpc) is 2.54. The molecule has 128 valence electrons. The van der Waals surface area contributed by atoms with E-state index in [1.165, 1.54) is 0 Å². The number of aliphatic hydroxyl groups excluding tert-OH is 1. The van der Waals surface area contributed by atoms with E-state index in [4.69, 9.17) is 16.3 Å². The van der Waals surface area contributed by atoms with Crippen LogP contribution in [0.1, 0.15) is 33.1 Å². The number of anilines is 1. The molecule has 0 aliphatic carbocycles. The number of aliphatic hydroxyl groups is 1. The number of hydrogen-bond donors (Lipinski definition) is 2. The molecular weight excluding hydrogens is 316 g/mol. The van der Waals surface area contributed by atoms with Crippen LogP contribution in [0.2, 0.25) is 5.02 Å². The van der Waals surface area contributed by atoms with Crippen molar-refractivity contribution in [2.75, 3.05) is 25.0 Å². The molecule has 1 aliphatic rings. The summed E-state index contributed by atoms with van der Waals surface area (Å²) in [6, 6.07) is 5.09. The highest BCUT2D eigenvalue weighted by atomic mass is 35.5. The van der Waals surface area contributed by atoms with Crippen molar-refractivity contribution in [2.45, 2.75) is 39.2 Å². The molecule has 1 saturated heterocycles. The van der Waals surface area contributed by atoms with Crippen molar-refractivity contribution in [1.82, 2.24) is 4.90 Å². The van der Waals surface area contributed by atoms with Crippen LogP contribution in [-0.4, -0.2) is 41.8 Å². The Bertz CT molecular complexity index is 537. The average molecular weight is 341 g/mol. The van der Waals surface area contributed by atoms with Crippen LogP contribution < -0.4 is 10.1 Å². The number of amides is 2. The first kappa shape index (κ1) is 17.9. The van der Waals surface area contributed by atoms with Crippen LogP contribution in [0.5, 0.6) is 5.75 Å². The minimum atomic E-state index is -0.393. The van der Waals surface area contributed by atoms with Gasteiger partial charge in [-0.2, -0.15) is 0 Å². The highest BCUT2D eigenvalue weighted by molar-refractivity contribution is 6.32. The Labute approximate surface area is 142 Å². The van der Waals surface area contributed by atoms with Gasteiger partial charge < -0.3 is 20.1 Å². The van der Waals surface area contributed by atoms with E-state index < -0.39 is 6.10 Å². The van der Waals surface area contributed by atoms with Gasteiger partial charge in [0, 0.05) is 24.7 Å². The van der Waals surface area contributed by atoms with Crippen LogP contribution >= 0.6 is 11.6 Å². The molecule has 2 rings (SSSR count). The number of urea groups is 1. The zero-order valence-electron chi connectivity index (χ0n) is 13.7. The summed E-state index contributed by atoms with van der Waals surface area (Å²) < 4.78 is 5.52. The van der Waals surface area contributed by atoms with Crippen molar-refractivity contribution < 1.29 is 14.6 Å². The van der Waals surface area contributed by atoms with E-state index in [2.05, 4.69) is 5.32 Å². The molecule has 1 heterocycles. The highest BCUT2D eigenvalue weighted by Gasteiger charge is 2.26. The van der Waals surface area contributed by atoms with Crippen LogP contribution in [0.25, 0.3) is 0 Å². The maximum absolute atomic E-state index is 12.4. The standard InChI is InChI=1S/C17H25ClN2O3/c1-3-9-23-16-7-6-14(10-15(16)18)19-17(22)20-8-4-5-13(11-20)12(2)21/h6-7,10,12-13,21H,3-5,8-9,11H2,1-2H3,(H,19,22). The molecule has 23 heavy (non-hydrogen) atoms. The van der Waals surface area contributed by atoms with E-state index in [1.54, 1.807) is 30.0 Å². The maximum Gasteiger partial charge on any atom is 0.321 e. The number of nitrogens with one attached hydrogen (secondary N) is 1. The summed E-state index contributed by atoms with van der Waals surface area (Å²) in [5, 5.41) is 13.1. The predicted octanol–water partition coefficient (Wildman–Crippen LogP) is 3.75. The minimum Gasteiger partial charge on any atom is -0.492 e. The molecule has 1 aromatic rings. The number of carbonyl (C=O) groups excluding carboxylic acids is 1. The second-order valence-corrected chi connectivity index (χ2v) is 6.42. The minimum absolute atomic E-state index is 0.142. The first-order chi connectivity index (χ1) is 11.0. The highest BCUT2D eigenvalue weighted by Crippen LogP contribution is 2.28. The zero-order valence-corrected chi connectivity index (χ0v) is 14.5. The van der Waals surface area contributed by atoms with Gasteiger partial charge in [-0.25, -0.2) is 4.79 Å². The van der Waals surface area contributed by atoms with Gasteiger partial charge in [-0.05, 0) is 44.4 Å². The Kier molecular flexibility index (Phi) is 6.54. The molecule has 2 unspecified atom stereocenters. The van der Waals surface area contributed by atoms with E-state index >= 15 is 0 Å². The third kappa shape index (κ3) is 5.01. The topological polar surface area (TPSA) is 61.8 Å². The lowest BCUT2D eigenvalue weighted by Crippen LogP contribution is -2.44. The van der Waals surface area contributed by atoms with Crippen molar-refractivity contribution >= 4 is 23.3 Å². The number of piperidine rings is 1. The number of likely N-dealkylation sites (tertiary alicyclic amines) is 1. The van der Waals surface area contributed by atoms with Gasteiger partial charge in [0.1, 0.15) is 5.75 Å². The maximum atomic E-state index is 12.4. The SMILES string of the molecule is CCCOc1ccc(NC(=O)N2CCCC(C(C)O)C2)cc1Cl. The zero-order chi connectivity index (χ0) is 16.8. The van der Waals surface area contributed by atoms with Crippen molar-refractivity contribution in [1.29, 1.82) is 0 Å². The lowest BCUT2D eigenvalue weighted by molar-refractivity contribution is 0.0766. The largest absolute Gasteiger partial charge is 0.492 e. The van der Waals surface area contributed by atoms with Gasteiger partial charge in [-0.1, -0.05) is 18.5 Å². The van der Waals surface area contributed by atoms with Crippen molar-refractivity contribution in [2.24, 2.45) is 5.92 Å². The molecule has 6 heteroatoms. The molecule has 0 aromatic heterocycles. The van der Waals surface area contributed by atoms with Gasteiger partial charge in [0.2, 0.25) is 0 Å². The van der Waals surface area contributed by atoms with Gasteiger partial charge >= 0.3 is 6.03 Å². The van der Waals surface area contributed by atoms with Crippen LogP contribution in [-0.2, 0) is 0 Å². The van der Waals surface area contributed by atoms with E-state index in [0.717, 1.165) is 19.3 Å². The van der Waals surface area contributed by atoms with Crippen LogP contribution in [0, 0.1) is 5.92 Å². The smallest absolute Gasteiger partial charge is 0.321 e. The summed E-state index contributed by atoms with van der Waals surface area (Å²) in [6.07, 6.45) is 2.38. The molecule has 0 saturated carbocycles. The fourth-order valence-corrected chi connectivity index (χ4v) is 2.93. The van der Waals surface area contributed by atoms with Crippen LogP contribution in [0.3, 0.4) is 0 Å². The number of nitrogens with zero attached hydrogens (tertiary/aromatic N) is 1. The van der Waals surface area contributed by atoms with Crippen LogP contribution in [0.4, 0.5) is 10.5 Å². The Morgan fingerprint density at radius 1 is 1.57 bits per heavy atom. The molecule has 0 bridgehead atoms. The number of rotatable bonds is 5. The molecule has 5 nitrogen and oxygen atoms in total. The number of halogens is 1. The van der Waals surface area contributed by atoms with Crippen molar-refractivity contribution in [3.8, 4) is 5.75 Å². The monoisotopic (exact) mass is 340 g/mol. The molecule has 2 atom stereocenters. The van der Waals surface area contributed by atoms with E-state index in [9.17, 15) is 9.90 Å². The number of ether oxygens (including phenoxy) is 1. The molecule has 1 aliphatic heterocycles. The third-order valence-corrected chi connectivity index (χ3v) is 4.37. The van der Waals surface area contributed by atoms with Crippen molar-refractivity contribution in [3.05, 3.63) is 23.2 Å². The van der Waals surface area contributed by atoms with E-state index in [-0.39, 0.29) is 11.9 Å². The van der Waals surface area contributed by atoms with Gasteiger partial charge in [0.15, 0.2) is 0 Å².